The summed E-state index contributed by atoms with van der Waals surface area (Å²) in [6, 6.07) is 13.5. The molecule has 33 heavy (non-hydrogen) atoms. The van der Waals surface area contributed by atoms with Crippen molar-refractivity contribution < 1.29 is 17.6 Å². The van der Waals surface area contributed by atoms with E-state index in [0.717, 1.165) is 29.2 Å². The zero-order valence-electron chi connectivity index (χ0n) is 18.4. The van der Waals surface area contributed by atoms with E-state index in [9.17, 15) is 17.6 Å². The number of hydrogen-bond donors (Lipinski definition) is 0. The number of carbonyl (C=O) groups excluding carboxylic acids is 1. The first kappa shape index (κ1) is 23.6. The van der Waals surface area contributed by atoms with Crippen LogP contribution in [-0.4, -0.2) is 59.3 Å². The predicted molar refractivity (Wildman–Crippen MR) is 129 cm³/mol. The number of sulfone groups is 1. The number of thioether (sulfide) groups is 1. The van der Waals surface area contributed by atoms with Crippen LogP contribution in [0.25, 0.3) is 22.0 Å². The van der Waals surface area contributed by atoms with E-state index in [1.165, 1.54) is 23.9 Å². The summed E-state index contributed by atoms with van der Waals surface area (Å²) in [5.41, 5.74) is 1.42. The van der Waals surface area contributed by atoms with Gasteiger partial charge in [-0.15, -0.1) is 10.2 Å². The molecular formula is C24H26FN3O3S2. The fourth-order valence-electron chi connectivity index (χ4n) is 4.08. The van der Waals surface area contributed by atoms with E-state index in [0.29, 0.717) is 23.7 Å². The Morgan fingerprint density at radius 1 is 1.12 bits per heavy atom. The van der Waals surface area contributed by atoms with Gasteiger partial charge in [0.15, 0.2) is 9.84 Å². The lowest BCUT2D eigenvalue weighted by Crippen LogP contribution is -2.42. The van der Waals surface area contributed by atoms with Crippen LogP contribution in [0, 0.1) is 5.82 Å². The van der Waals surface area contributed by atoms with Crippen LogP contribution in [0.5, 0.6) is 0 Å². The minimum Gasteiger partial charge on any atom is -0.338 e. The molecule has 2 heterocycles. The highest BCUT2D eigenvalue weighted by atomic mass is 32.2. The number of rotatable bonds is 8. The maximum atomic E-state index is 13.3. The van der Waals surface area contributed by atoms with Crippen LogP contribution in [0.4, 0.5) is 4.39 Å². The molecule has 0 spiro atoms. The lowest BCUT2D eigenvalue weighted by Gasteiger charge is -2.28. The van der Waals surface area contributed by atoms with E-state index in [2.05, 4.69) is 10.2 Å². The molecule has 0 aliphatic carbocycles. The van der Waals surface area contributed by atoms with Crippen molar-refractivity contribution in [1.29, 1.82) is 0 Å². The van der Waals surface area contributed by atoms with E-state index in [4.69, 9.17) is 0 Å². The molecule has 1 aromatic heterocycles. The predicted octanol–water partition coefficient (Wildman–Crippen LogP) is 4.34. The third-order valence-electron chi connectivity index (χ3n) is 5.83. The summed E-state index contributed by atoms with van der Waals surface area (Å²) in [5, 5.41) is 11.1. The Hall–Kier alpha value is -2.52. The fraction of sp³-hybridized carbons (Fsp3) is 0.375. The molecular weight excluding hydrogens is 461 g/mol. The van der Waals surface area contributed by atoms with Gasteiger partial charge in [-0.3, -0.25) is 4.79 Å². The molecule has 0 bridgehead atoms. The van der Waals surface area contributed by atoms with Crippen LogP contribution in [0.3, 0.4) is 0 Å². The van der Waals surface area contributed by atoms with Crippen LogP contribution in [-0.2, 0) is 14.6 Å². The average molecular weight is 488 g/mol. The van der Waals surface area contributed by atoms with Gasteiger partial charge in [0.25, 0.3) is 0 Å². The van der Waals surface area contributed by atoms with Gasteiger partial charge in [0.05, 0.1) is 17.3 Å². The second-order valence-corrected chi connectivity index (χ2v) is 11.4. The van der Waals surface area contributed by atoms with Crippen LogP contribution in [0.2, 0.25) is 0 Å². The van der Waals surface area contributed by atoms with Crippen molar-refractivity contribution in [2.75, 3.05) is 23.8 Å². The van der Waals surface area contributed by atoms with Gasteiger partial charge in [-0.1, -0.05) is 49.4 Å². The number of carbonyl (C=O) groups is 1. The van der Waals surface area contributed by atoms with Gasteiger partial charge >= 0.3 is 0 Å². The summed E-state index contributed by atoms with van der Waals surface area (Å²) >= 11 is 1.31. The zero-order chi connectivity index (χ0) is 23.4. The molecule has 4 rings (SSSR count). The Balaban J connectivity index is 1.55. The van der Waals surface area contributed by atoms with Gasteiger partial charge in [0.2, 0.25) is 5.91 Å². The van der Waals surface area contributed by atoms with Gasteiger partial charge < -0.3 is 4.90 Å². The molecule has 1 aliphatic heterocycles. The molecule has 2 aromatic carbocycles. The Labute approximate surface area is 197 Å². The van der Waals surface area contributed by atoms with E-state index in [1.54, 1.807) is 17.0 Å². The lowest BCUT2D eigenvalue weighted by atomic mass is 10.1. The van der Waals surface area contributed by atoms with Crippen molar-refractivity contribution >= 4 is 38.3 Å². The van der Waals surface area contributed by atoms with Gasteiger partial charge in [-0.25, -0.2) is 12.8 Å². The van der Waals surface area contributed by atoms with Crippen LogP contribution in [0.1, 0.15) is 26.2 Å². The monoisotopic (exact) mass is 487 g/mol. The summed E-state index contributed by atoms with van der Waals surface area (Å²) in [6.45, 7) is 2.61. The molecule has 3 aromatic rings. The van der Waals surface area contributed by atoms with Gasteiger partial charge in [-0.05, 0) is 37.1 Å². The molecule has 1 aliphatic rings. The van der Waals surface area contributed by atoms with Crippen molar-refractivity contribution in [2.24, 2.45) is 0 Å². The Morgan fingerprint density at radius 2 is 1.85 bits per heavy atom. The maximum absolute atomic E-state index is 13.3. The molecule has 1 unspecified atom stereocenters. The standard InChI is InChI=1S/C24H26FN3O3S2/c1-2-3-13-28(19-12-14-33(30,31)16-19)22(29)15-32-24-21-7-5-4-6-20(21)23(26-27-24)17-8-10-18(25)11-9-17/h4-11,19H,2-3,12-16H2,1H3. The molecule has 1 amide bonds. The summed E-state index contributed by atoms with van der Waals surface area (Å²) < 4.78 is 37.3. The zero-order valence-corrected chi connectivity index (χ0v) is 20.0. The second-order valence-electron chi connectivity index (χ2n) is 8.19. The third kappa shape index (κ3) is 5.52. The van der Waals surface area contributed by atoms with Gasteiger partial charge in [0, 0.05) is 28.9 Å². The number of benzene rings is 2. The second kappa shape index (κ2) is 10.2. The molecule has 0 N–H and O–H groups in total. The van der Waals surface area contributed by atoms with Crippen molar-refractivity contribution in [1.82, 2.24) is 15.1 Å². The molecule has 0 saturated carbocycles. The number of unbranched alkanes of at least 4 members (excludes halogenated alkanes) is 1. The van der Waals surface area contributed by atoms with Crippen LogP contribution < -0.4 is 0 Å². The topological polar surface area (TPSA) is 80.2 Å². The highest BCUT2D eigenvalue weighted by Crippen LogP contribution is 2.32. The van der Waals surface area contributed by atoms with Gasteiger partial charge in [-0.2, -0.15) is 0 Å². The first-order valence-electron chi connectivity index (χ1n) is 11.0. The van der Waals surface area contributed by atoms with Crippen LogP contribution >= 0.6 is 11.8 Å². The number of fused-ring (bicyclic) bond motifs is 1. The summed E-state index contributed by atoms with van der Waals surface area (Å²) in [4.78, 5) is 14.8. The van der Waals surface area contributed by atoms with E-state index in [-0.39, 0.29) is 35.0 Å². The maximum Gasteiger partial charge on any atom is 0.233 e. The van der Waals surface area contributed by atoms with E-state index < -0.39 is 9.84 Å². The average Bonchev–Trinajstić information content (AvgIpc) is 3.17. The smallest absolute Gasteiger partial charge is 0.233 e. The first-order valence-corrected chi connectivity index (χ1v) is 13.8. The SMILES string of the molecule is CCCCN(C(=O)CSc1nnc(-c2ccc(F)cc2)c2ccccc12)C1CCS(=O)(=O)C1. The summed E-state index contributed by atoms with van der Waals surface area (Å²) in [7, 11) is -3.08. The molecule has 1 saturated heterocycles. The minimum atomic E-state index is -3.08. The molecule has 6 nitrogen and oxygen atoms in total. The van der Waals surface area contributed by atoms with Crippen molar-refractivity contribution in [2.45, 2.75) is 37.3 Å². The number of amides is 1. The normalized spacial score (nSPS) is 17.3. The number of nitrogens with zero attached hydrogens (tertiary/aromatic N) is 3. The van der Waals surface area contributed by atoms with Crippen molar-refractivity contribution in [3.63, 3.8) is 0 Å². The lowest BCUT2D eigenvalue weighted by molar-refractivity contribution is -0.130. The first-order chi connectivity index (χ1) is 15.9. The van der Waals surface area contributed by atoms with Crippen molar-refractivity contribution in [3.8, 4) is 11.3 Å². The molecule has 1 atom stereocenters. The Morgan fingerprint density at radius 3 is 2.52 bits per heavy atom. The van der Waals surface area contributed by atoms with E-state index in [1.807, 2.05) is 31.2 Å². The van der Waals surface area contributed by atoms with Crippen molar-refractivity contribution in [3.05, 3.63) is 54.3 Å². The third-order valence-corrected chi connectivity index (χ3v) is 8.54. The molecule has 174 valence electrons. The fourth-order valence-corrected chi connectivity index (χ4v) is 6.67. The van der Waals surface area contributed by atoms with Crippen LogP contribution in [0.15, 0.2) is 53.6 Å². The largest absolute Gasteiger partial charge is 0.338 e. The Bertz CT molecular complexity index is 1250. The molecule has 0 radical (unpaired) electrons. The number of hydrogen-bond acceptors (Lipinski definition) is 6. The highest BCUT2D eigenvalue weighted by molar-refractivity contribution is 8.00. The minimum absolute atomic E-state index is 0.0439. The van der Waals surface area contributed by atoms with Gasteiger partial charge in [0.1, 0.15) is 16.5 Å². The Kier molecular flexibility index (Phi) is 7.29. The molecule has 9 heteroatoms. The summed E-state index contributed by atoms with van der Waals surface area (Å²) in [5.74, 6) is -0.0490. The quantitative estimate of drug-likeness (QED) is 0.440. The highest BCUT2D eigenvalue weighted by Gasteiger charge is 2.34. The summed E-state index contributed by atoms with van der Waals surface area (Å²) in [6.07, 6.45) is 2.26. The van der Waals surface area contributed by atoms with E-state index >= 15 is 0 Å². The molecule has 1 fully saturated rings. The number of aromatic nitrogens is 2. The number of halogens is 1.